The minimum Gasteiger partial charge on any atom is -0.405 e. The van der Waals surface area contributed by atoms with Crippen LogP contribution >= 0.6 is 0 Å². The smallest absolute Gasteiger partial charge is 0.405 e. The van der Waals surface area contributed by atoms with Gasteiger partial charge in [-0.15, -0.1) is 13.2 Å². The molecule has 1 saturated carbocycles. The molecule has 1 amide bonds. The van der Waals surface area contributed by atoms with Crippen molar-refractivity contribution < 1.29 is 22.7 Å². The fraction of sp³-hybridized carbons (Fsp3) is 0.316. The third kappa shape index (κ3) is 5.23. The van der Waals surface area contributed by atoms with Gasteiger partial charge in [0.15, 0.2) is 0 Å². The Morgan fingerprint density at radius 2 is 1.73 bits per heavy atom. The summed E-state index contributed by atoms with van der Waals surface area (Å²) >= 11 is 0. The molecule has 138 valence electrons. The van der Waals surface area contributed by atoms with Crippen LogP contribution in [-0.2, 0) is 11.3 Å². The van der Waals surface area contributed by atoms with Crippen LogP contribution in [0.15, 0.2) is 54.6 Å². The lowest BCUT2D eigenvalue weighted by molar-refractivity contribution is -0.274. The minimum atomic E-state index is -4.77. The molecule has 1 aliphatic rings. The standard InChI is InChI=1S/C19H19F3N2O2/c20-19(21,22)26-16-9-5-4-8-14(16)12-23-17(13-6-2-1-3-7-13)18(25)24-15-10-11-15/h1-9,15,17,23H,10-12H2,(H,24,25)/t17-/m1/s1. The van der Waals surface area contributed by atoms with Crippen molar-refractivity contribution in [1.29, 1.82) is 0 Å². The van der Waals surface area contributed by atoms with Crippen molar-refractivity contribution in [1.82, 2.24) is 10.6 Å². The van der Waals surface area contributed by atoms with Crippen LogP contribution in [0.2, 0.25) is 0 Å². The number of benzene rings is 2. The topological polar surface area (TPSA) is 50.4 Å². The molecule has 2 N–H and O–H groups in total. The predicted molar refractivity (Wildman–Crippen MR) is 90.3 cm³/mol. The van der Waals surface area contributed by atoms with E-state index >= 15 is 0 Å². The summed E-state index contributed by atoms with van der Waals surface area (Å²) in [5, 5.41) is 5.98. The molecule has 1 atom stereocenters. The molecule has 1 aliphatic carbocycles. The Kier molecular flexibility index (Phi) is 5.46. The molecule has 7 heteroatoms. The van der Waals surface area contributed by atoms with E-state index in [-0.39, 0.29) is 24.2 Å². The van der Waals surface area contributed by atoms with E-state index in [4.69, 9.17) is 0 Å². The van der Waals surface area contributed by atoms with Crippen LogP contribution in [0.25, 0.3) is 0 Å². The molecule has 1 fully saturated rings. The van der Waals surface area contributed by atoms with Crippen molar-refractivity contribution in [2.75, 3.05) is 0 Å². The Labute approximate surface area is 149 Å². The van der Waals surface area contributed by atoms with Crippen LogP contribution in [0.3, 0.4) is 0 Å². The first-order valence-corrected chi connectivity index (χ1v) is 8.35. The maximum atomic E-state index is 12.6. The second kappa shape index (κ2) is 7.78. The van der Waals surface area contributed by atoms with Crippen molar-refractivity contribution in [3.63, 3.8) is 0 Å². The predicted octanol–water partition coefficient (Wildman–Crippen LogP) is 3.69. The lowest BCUT2D eigenvalue weighted by Crippen LogP contribution is -2.38. The van der Waals surface area contributed by atoms with Crippen molar-refractivity contribution in [3.05, 3.63) is 65.7 Å². The van der Waals surface area contributed by atoms with E-state index < -0.39 is 12.4 Å². The first-order chi connectivity index (χ1) is 12.4. The van der Waals surface area contributed by atoms with E-state index in [2.05, 4.69) is 15.4 Å². The zero-order valence-electron chi connectivity index (χ0n) is 13.9. The first-order valence-electron chi connectivity index (χ1n) is 8.35. The van der Waals surface area contributed by atoms with Gasteiger partial charge >= 0.3 is 6.36 Å². The summed E-state index contributed by atoms with van der Waals surface area (Å²) in [5.74, 6) is -0.463. The van der Waals surface area contributed by atoms with Crippen LogP contribution in [0, 0.1) is 0 Å². The summed E-state index contributed by atoms with van der Waals surface area (Å²) in [6.07, 6.45) is -2.86. The molecule has 0 aromatic heterocycles. The van der Waals surface area contributed by atoms with E-state index in [1.807, 2.05) is 30.3 Å². The Morgan fingerprint density at radius 3 is 2.38 bits per heavy atom. The molecule has 0 radical (unpaired) electrons. The number of hydrogen-bond donors (Lipinski definition) is 2. The van der Waals surface area contributed by atoms with Crippen molar-refractivity contribution in [3.8, 4) is 5.75 Å². The Hall–Kier alpha value is -2.54. The van der Waals surface area contributed by atoms with Crippen LogP contribution in [0.4, 0.5) is 13.2 Å². The van der Waals surface area contributed by atoms with Crippen molar-refractivity contribution in [2.24, 2.45) is 0 Å². The maximum Gasteiger partial charge on any atom is 0.573 e. The zero-order valence-corrected chi connectivity index (χ0v) is 13.9. The van der Waals surface area contributed by atoms with Gasteiger partial charge in [0.1, 0.15) is 11.8 Å². The number of carbonyl (C=O) groups is 1. The number of para-hydroxylation sites is 1. The van der Waals surface area contributed by atoms with E-state index in [1.165, 1.54) is 18.2 Å². The molecule has 0 saturated heterocycles. The molecule has 2 aromatic rings. The lowest BCUT2D eigenvalue weighted by Gasteiger charge is -2.20. The molecule has 0 bridgehead atoms. The third-order valence-electron chi connectivity index (χ3n) is 4.01. The number of ether oxygens (including phenoxy) is 1. The number of alkyl halides is 3. The number of halogens is 3. The highest BCUT2D eigenvalue weighted by Gasteiger charge is 2.32. The minimum absolute atomic E-state index is 0.0594. The highest BCUT2D eigenvalue weighted by atomic mass is 19.4. The summed E-state index contributed by atoms with van der Waals surface area (Å²) in [6, 6.07) is 14.5. The molecule has 26 heavy (non-hydrogen) atoms. The Balaban J connectivity index is 1.74. The summed E-state index contributed by atoms with van der Waals surface area (Å²) in [4.78, 5) is 12.5. The second-order valence-corrected chi connectivity index (χ2v) is 6.16. The van der Waals surface area contributed by atoms with E-state index in [0.717, 1.165) is 18.4 Å². The Bertz CT molecular complexity index is 746. The largest absolute Gasteiger partial charge is 0.573 e. The molecule has 3 rings (SSSR count). The van der Waals surface area contributed by atoms with Gasteiger partial charge in [-0.25, -0.2) is 0 Å². The summed E-state index contributed by atoms with van der Waals surface area (Å²) < 4.78 is 41.7. The maximum absolute atomic E-state index is 12.6. The zero-order chi connectivity index (χ0) is 18.6. The van der Waals surface area contributed by atoms with Gasteiger partial charge in [-0.3, -0.25) is 10.1 Å². The van der Waals surface area contributed by atoms with Gasteiger partial charge in [-0.1, -0.05) is 48.5 Å². The normalized spacial score (nSPS) is 15.3. The summed E-state index contributed by atoms with van der Waals surface area (Å²) in [7, 11) is 0. The second-order valence-electron chi connectivity index (χ2n) is 6.16. The van der Waals surface area contributed by atoms with E-state index in [9.17, 15) is 18.0 Å². The number of carbonyl (C=O) groups excluding carboxylic acids is 1. The molecular formula is C19H19F3N2O2. The average molecular weight is 364 g/mol. The van der Waals surface area contributed by atoms with Gasteiger partial charge < -0.3 is 10.1 Å². The fourth-order valence-corrected chi connectivity index (χ4v) is 2.61. The average Bonchev–Trinajstić information content (AvgIpc) is 3.40. The van der Waals surface area contributed by atoms with Gasteiger partial charge in [0.25, 0.3) is 0 Å². The van der Waals surface area contributed by atoms with Crippen molar-refractivity contribution >= 4 is 5.91 Å². The molecule has 0 aliphatic heterocycles. The number of amides is 1. The molecule has 4 nitrogen and oxygen atoms in total. The molecule has 0 heterocycles. The van der Waals surface area contributed by atoms with Gasteiger partial charge in [-0.2, -0.15) is 0 Å². The Morgan fingerprint density at radius 1 is 1.08 bits per heavy atom. The first kappa shape index (κ1) is 18.3. The van der Waals surface area contributed by atoms with Crippen LogP contribution < -0.4 is 15.4 Å². The van der Waals surface area contributed by atoms with E-state index in [0.29, 0.717) is 5.56 Å². The fourth-order valence-electron chi connectivity index (χ4n) is 2.61. The van der Waals surface area contributed by atoms with Gasteiger partial charge in [0.2, 0.25) is 5.91 Å². The monoisotopic (exact) mass is 364 g/mol. The summed E-state index contributed by atoms with van der Waals surface area (Å²) in [5.41, 5.74) is 1.07. The van der Waals surface area contributed by atoms with E-state index in [1.54, 1.807) is 6.07 Å². The van der Waals surface area contributed by atoms with Gasteiger partial charge in [0, 0.05) is 18.2 Å². The van der Waals surface area contributed by atoms with Crippen LogP contribution in [0.5, 0.6) is 5.75 Å². The van der Waals surface area contributed by atoms with Crippen LogP contribution in [-0.4, -0.2) is 18.3 Å². The third-order valence-corrected chi connectivity index (χ3v) is 4.01. The molecule has 2 aromatic carbocycles. The van der Waals surface area contributed by atoms with Gasteiger partial charge in [-0.05, 0) is 24.5 Å². The lowest BCUT2D eigenvalue weighted by atomic mass is 10.1. The molecular weight excluding hydrogens is 345 g/mol. The van der Waals surface area contributed by atoms with Gasteiger partial charge in [0.05, 0.1) is 0 Å². The number of hydrogen-bond acceptors (Lipinski definition) is 3. The molecule has 0 spiro atoms. The van der Waals surface area contributed by atoms with Crippen molar-refractivity contribution in [2.45, 2.75) is 37.8 Å². The number of rotatable bonds is 7. The number of nitrogens with one attached hydrogen (secondary N) is 2. The van der Waals surface area contributed by atoms with Crippen LogP contribution in [0.1, 0.15) is 30.0 Å². The summed E-state index contributed by atoms with van der Waals surface area (Å²) in [6.45, 7) is 0.0594. The quantitative estimate of drug-likeness (QED) is 0.788. The highest BCUT2D eigenvalue weighted by Crippen LogP contribution is 2.27. The SMILES string of the molecule is O=C(NC1CC1)[C@H](NCc1ccccc1OC(F)(F)F)c1ccccc1. The molecule has 0 unspecified atom stereocenters. The highest BCUT2D eigenvalue weighted by molar-refractivity contribution is 5.83.